The summed E-state index contributed by atoms with van der Waals surface area (Å²) in [6.45, 7) is 9.42. The van der Waals surface area contributed by atoms with Crippen LogP contribution in [0.2, 0.25) is 5.02 Å². The molecule has 1 saturated heterocycles. The zero-order valence-electron chi connectivity index (χ0n) is 22.2. The molecule has 3 aromatic heterocycles. The van der Waals surface area contributed by atoms with Gasteiger partial charge in [0.15, 0.2) is 4.96 Å². The number of aryl methyl sites for hydroxylation is 3. The van der Waals surface area contributed by atoms with E-state index in [4.69, 9.17) is 21.4 Å². The number of hydrogen-bond donors (Lipinski definition) is 0. The third-order valence-electron chi connectivity index (χ3n) is 6.85. The molecule has 1 aromatic carbocycles. The SMILES string of the molecule is CCOC(=O)N1CCN(C(=O)Cc2csc3nc(C)c(-c4cc(C)n(-c5cc(Cl)ccc5C)n4)c(=O)n23)CC1. The Labute approximate surface area is 234 Å². The Morgan fingerprint density at radius 2 is 1.79 bits per heavy atom. The van der Waals surface area contributed by atoms with Crippen LogP contribution in [0.15, 0.2) is 34.4 Å². The Bertz CT molecular complexity index is 1630. The van der Waals surface area contributed by atoms with Crippen molar-refractivity contribution in [3.8, 4) is 16.9 Å². The molecule has 0 N–H and O–H groups in total. The molecular weight excluding hydrogens is 540 g/mol. The molecule has 204 valence electrons. The maximum atomic E-state index is 13.8. The van der Waals surface area contributed by atoms with E-state index in [9.17, 15) is 14.4 Å². The summed E-state index contributed by atoms with van der Waals surface area (Å²) in [6, 6.07) is 7.46. The maximum Gasteiger partial charge on any atom is 0.409 e. The number of ether oxygens (including phenoxy) is 1. The largest absolute Gasteiger partial charge is 0.450 e. The average Bonchev–Trinajstić information content (AvgIpc) is 3.48. The summed E-state index contributed by atoms with van der Waals surface area (Å²) < 4.78 is 8.34. The van der Waals surface area contributed by atoms with Crippen LogP contribution in [-0.2, 0) is 16.0 Å². The van der Waals surface area contributed by atoms with Crippen LogP contribution >= 0.6 is 22.9 Å². The van der Waals surface area contributed by atoms with Gasteiger partial charge in [-0.1, -0.05) is 17.7 Å². The minimum absolute atomic E-state index is 0.0542. The number of halogens is 1. The van der Waals surface area contributed by atoms with Crippen LogP contribution in [0.4, 0.5) is 4.79 Å². The number of carbonyl (C=O) groups is 2. The van der Waals surface area contributed by atoms with Crippen molar-refractivity contribution in [3.05, 3.63) is 67.7 Å². The van der Waals surface area contributed by atoms with E-state index in [0.717, 1.165) is 16.9 Å². The van der Waals surface area contributed by atoms with Gasteiger partial charge in [0.05, 0.1) is 30.0 Å². The molecule has 39 heavy (non-hydrogen) atoms. The first kappa shape index (κ1) is 26.9. The summed E-state index contributed by atoms with van der Waals surface area (Å²) in [4.78, 5) is 47.4. The molecule has 12 heteroatoms. The fraction of sp³-hybridized carbons (Fsp3) is 0.370. The average molecular weight is 569 g/mol. The van der Waals surface area contributed by atoms with E-state index in [1.54, 1.807) is 33.7 Å². The lowest BCUT2D eigenvalue weighted by atomic mass is 10.1. The minimum atomic E-state index is -0.364. The molecular formula is C27H29ClN6O4S. The van der Waals surface area contributed by atoms with Gasteiger partial charge in [-0.15, -0.1) is 11.3 Å². The normalized spacial score (nSPS) is 13.8. The number of thiazole rings is 1. The van der Waals surface area contributed by atoms with Crippen LogP contribution < -0.4 is 5.56 Å². The van der Waals surface area contributed by atoms with Crippen molar-refractivity contribution in [3.63, 3.8) is 0 Å². The number of nitrogens with zero attached hydrogens (tertiary/aromatic N) is 6. The van der Waals surface area contributed by atoms with Crippen molar-refractivity contribution >= 4 is 39.9 Å². The molecule has 4 aromatic rings. The fourth-order valence-corrected chi connectivity index (χ4v) is 5.89. The van der Waals surface area contributed by atoms with E-state index in [0.29, 0.717) is 65.4 Å². The Morgan fingerprint density at radius 1 is 1.08 bits per heavy atom. The molecule has 1 aliphatic rings. The van der Waals surface area contributed by atoms with Crippen LogP contribution in [0.25, 0.3) is 21.9 Å². The topological polar surface area (TPSA) is 102 Å². The molecule has 5 rings (SSSR count). The second kappa shape index (κ2) is 10.8. The van der Waals surface area contributed by atoms with Gasteiger partial charge in [-0.05, 0) is 51.5 Å². The maximum absolute atomic E-state index is 13.8. The molecule has 0 saturated carbocycles. The van der Waals surface area contributed by atoms with E-state index >= 15 is 0 Å². The number of amides is 2. The number of aromatic nitrogens is 4. The molecule has 0 unspecified atom stereocenters. The molecule has 0 spiro atoms. The zero-order valence-corrected chi connectivity index (χ0v) is 23.8. The third kappa shape index (κ3) is 5.16. The smallest absolute Gasteiger partial charge is 0.409 e. The molecule has 2 amide bonds. The Morgan fingerprint density at radius 3 is 2.51 bits per heavy atom. The lowest BCUT2D eigenvalue weighted by Crippen LogP contribution is -2.51. The first-order valence-electron chi connectivity index (χ1n) is 12.7. The summed E-state index contributed by atoms with van der Waals surface area (Å²) in [5.74, 6) is -0.108. The summed E-state index contributed by atoms with van der Waals surface area (Å²) in [5.41, 5.74) is 4.47. The van der Waals surface area contributed by atoms with Crippen LogP contribution in [0.1, 0.15) is 29.6 Å². The number of hydrogen-bond acceptors (Lipinski definition) is 7. The lowest BCUT2D eigenvalue weighted by molar-refractivity contribution is -0.132. The number of rotatable bonds is 5. The predicted octanol–water partition coefficient (Wildman–Crippen LogP) is 4.03. The second-order valence-electron chi connectivity index (χ2n) is 9.48. The number of fused-ring (bicyclic) bond motifs is 1. The summed E-state index contributed by atoms with van der Waals surface area (Å²) >= 11 is 7.56. The van der Waals surface area contributed by atoms with E-state index in [1.807, 2.05) is 38.1 Å². The van der Waals surface area contributed by atoms with Crippen molar-refractivity contribution in [1.82, 2.24) is 29.0 Å². The van der Waals surface area contributed by atoms with Gasteiger partial charge in [-0.3, -0.25) is 14.0 Å². The molecule has 0 aliphatic carbocycles. The van der Waals surface area contributed by atoms with Crippen LogP contribution in [-0.4, -0.2) is 73.8 Å². The number of benzene rings is 1. The minimum Gasteiger partial charge on any atom is -0.450 e. The first-order chi connectivity index (χ1) is 18.7. The number of carbonyl (C=O) groups excluding carboxylic acids is 2. The molecule has 1 aliphatic heterocycles. The standard InChI is InChI=1S/C27H29ClN6O4S/c1-5-38-27(37)32-10-8-31(9-11-32)23(35)14-20-15-39-26-29-18(4)24(25(36)33(20)26)21-12-17(3)34(30-21)22-13-19(28)7-6-16(22)2/h6-7,12-13,15H,5,8-11,14H2,1-4H3. The van der Waals surface area contributed by atoms with Crippen molar-refractivity contribution in [2.45, 2.75) is 34.1 Å². The van der Waals surface area contributed by atoms with Gasteiger partial charge in [0, 0.05) is 48.0 Å². The van der Waals surface area contributed by atoms with E-state index in [-0.39, 0.29) is 24.0 Å². The van der Waals surface area contributed by atoms with Crippen LogP contribution in [0.3, 0.4) is 0 Å². The highest BCUT2D eigenvalue weighted by Crippen LogP contribution is 2.26. The van der Waals surface area contributed by atoms with Crippen molar-refractivity contribution < 1.29 is 14.3 Å². The highest BCUT2D eigenvalue weighted by Gasteiger charge is 2.26. The second-order valence-corrected chi connectivity index (χ2v) is 10.8. The summed E-state index contributed by atoms with van der Waals surface area (Å²) in [7, 11) is 0. The quantitative estimate of drug-likeness (QED) is 0.360. The van der Waals surface area contributed by atoms with E-state index in [1.165, 1.54) is 15.7 Å². The highest BCUT2D eigenvalue weighted by atomic mass is 35.5. The number of piperazine rings is 1. The first-order valence-corrected chi connectivity index (χ1v) is 14.0. The van der Waals surface area contributed by atoms with E-state index < -0.39 is 0 Å². The van der Waals surface area contributed by atoms with Gasteiger partial charge in [-0.25, -0.2) is 14.5 Å². The molecule has 0 atom stereocenters. The van der Waals surface area contributed by atoms with Gasteiger partial charge in [0.2, 0.25) is 5.91 Å². The Kier molecular flexibility index (Phi) is 7.46. The Balaban J connectivity index is 1.43. The van der Waals surface area contributed by atoms with Crippen LogP contribution in [0, 0.1) is 20.8 Å². The van der Waals surface area contributed by atoms with Gasteiger partial charge >= 0.3 is 6.09 Å². The van der Waals surface area contributed by atoms with Gasteiger partial charge in [-0.2, -0.15) is 5.10 Å². The molecule has 1 fully saturated rings. The van der Waals surface area contributed by atoms with Crippen molar-refractivity contribution in [1.29, 1.82) is 0 Å². The predicted molar refractivity (Wildman–Crippen MR) is 150 cm³/mol. The molecule has 0 radical (unpaired) electrons. The molecule has 10 nitrogen and oxygen atoms in total. The monoisotopic (exact) mass is 568 g/mol. The zero-order chi connectivity index (χ0) is 27.8. The van der Waals surface area contributed by atoms with E-state index in [2.05, 4.69) is 4.98 Å². The molecule has 4 heterocycles. The third-order valence-corrected chi connectivity index (χ3v) is 7.96. The Hall–Kier alpha value is -3.70. The van der Waals surface area contributed by atoms with Gasteiger partial charge in [0.1, 0.15) is 5.69 Å². The molecule has 0 bridgehead atoms. The van der Waals surface area contributed by atoms with Crippen LogP contribution in [0.5, 0.6) is 0 Å². The lowest BCUT2D eigenvalue weighted by Gasteiger charge is -2.34. The van der Waals surface area contributed by atoms with Gasteiger partial charge < -0.3 is 14.5 Å². The highest BCUT2D eigenvalue weighted by molar-refractivity contribution is 7.15. The van der Waals surface area contributed by atoms with Gasteiger partial charge in [0.25, 0.3) is 5.56 Å². The fourth-order valence-electron chi connectivity index (χ4n) is 4.80. The summed E-state index contributed by atoms with van der Waals surface area (Å²) in [5, 5.41) is 7.16. The summed E-state index contributed by atoms with van der Waals surface area (Å²) in [6.07, 6.45) is -0.310. The van der Waals surface area contributed by atoms with Crippen molar-refractivity contribution in [2.24, 2.45) is 0 Å². The van der Waals surface area contributed by atoms with Crippen molar-refractivity contribution in [2.75, 3.05) is 32.8 Å².